The Balaban J connectivity index is 2.34. The predicted octanol–water partition coefficient (Wildman–Crippen LogP) is 3.53. The van der Waals surface area contributed by atoms with E-state index in [-0.39, 0.29) is 0 Å². The third-order valence-corrected chi connectivity index (χ3v) is 2.99. The van der Waals surface area contributed by atoms with E-state index < -0.39 is 11.6 Å². The first-order chi connectivity index (χ1) is 8.13. The lowest BCUT2D eigenvalue weighted by Crippen LogP contribution is -2.16. The molecule has 1 nitrogen and oxygen atoms in total. The van der Waals surface area contributed by atoms with Crippen molar-refractivity contribution in [2.75, 3.05) is 13.1 Å². The first-order valence-electron chi connectivity index (χ1n) is 6.28. The topological polar surface area (TPSA) is 12.0 Å². The fourth-order valence-corrected chi connectivity index (χ4v) is 1.80. The van der Waals surface area contributed by atoms with Gasteiger partial charge in [0, 0.05) is 6.07 Å². The van der Waals surface area contributed by atoms with Crippen LogP contribution in [0.2, 0.25) is 0 Å². The second-order valence-corrected chi connectivity index (χ2v) is 4.52. The van der Waals surface area contributed by atoms with Crippen LogP contribution in [0.1, 0.15) is 32.3 Å². The van der Waals surface area contributed by atoms with Gasteiger partial charge in [0.2, 0.25) is 0 Å². The molecular formula is C14H21F2N. The molecule has 0 saturated carbocycles. The normalized spacial score (nSPS) is 12.7. The molecule has 0 fully saturated rings. The molecule has 1 unspecified atom stereocenters. The third kappa shape index (κ3) is 5.26. The van der Waals surface area contributed by atoms with E-state index in [1.54, 1.807) is 6.07 Å². The molecule has 0 bridgehead atoms. The molecule has 0 spiro atoms. The maximum absolute atomic E-state index is 13.4. The van der Waals surface area contributed by atoms with Crippen molar-refractivity contribution in [2.24, 2.45) is 5.92 Å². The van der Waals surface area contributed by atoms with Crippen molar-refractivity contribution in [3.63, 3.8) is 0 Å². The summed E-state index contributed by atoms with van der Waals surface area (Å²) in [6, 6.07) is 3.82. The molecule has 1 rings (SSSR count). The molecule has 0 heterocycles. The highest BCUT2D eigenvalue weighted by molar-refractivity contribution is 5.18. The third-order valence-electron chi connectivity index (χ3n) is 2.99. The first kappa shape index (κ1) is 14.1. The standard InChI is InChI=1S/C14H21F2N/c1-3-17-9-8-11(2)4-5-12-6-7-13(15)10-14(12)16/h6-7,10-11,17H,3-5,8-9H2,1-2H3. The van der Waals surface area contributed by atoms with Gasteiger partial charge in [0.1, 0.15) is 11.6 Å². The number of aryl methyl sites for hydroxylation is 1. The van der Waals surface area contributed by atoms with Crippen molar-refractivity contribution < 1.29 is 8.78 Å². The van der Waals surface area contributed by atoms with Crippen LogP contribution in [0.5, 0.6) is 0 Å². The summed E-state index contributed by atoms with van der Waals surface area (Å²) in [5.74, 6) is -0.381. The van der Waals surface area contributed by atoms with Gasteiger partial charge in [-0.3, -0.25) is 0 Å². The Labute approximate surface area is 102 Å². The lowest BCUT2D eigenvalue weighted by Gasteiger charge is -2.11. The molecule has 0 aliphatic rings. The van der Waals surface area contributed by atoms with Crippen LogP contribution in [0, 0.1) is 17.6 Å². The Kier molecular flexibility index (Phi) is 6.12. The number of rotatable bonds is 7. The minimum Gasteiger partial charge on any atom is -0.317 e. The van der Waals surface area contributed by atoms with Gasteiger partial charge >= 0.3 is 0 Å². The molecule has 0 radical (unpaired) electrons. The van der Waals surface area contributed by atoms with E-state index in [4.69, 9.17) is 0 Å². The summed E-state index contributed by atoms with van der Waals surface area (Å²) in [4.78, 5) is 0. The summed E-state index contributed by atoms with van der Waals surface area (Å²) >= 11 is 0. The highest BCUT2D eigenvalue weighted by Crippen LogP contribution is 2.16. The summed E-state index contributed by atoms with van der Waals surface area (Å²) in [6.07, 6.45) is 2.71. The van der Waals surface area contributed by atoms with E-state index in [9.17, 15) is 8.78 Å². The van der Waals surface area contributed by atoms with Gasteiger partial charge in [0.25, 0.3) is 0 Å². The number of hydrogen-bond acceptors (Lipinski definition) is 1. The zero-order valence-corrected chi connectivity index (χ0v) is 10.6. The van der Waals surface area contributed by atoms with Crippen molar-refractivity contribution in [1.82, 2.24) is 5.32 Å². The molecule has 0 aliphatic carbocycles. The van der Waals surface area contributed by atoms with Crippen LogP contribution >= 0.6 is 0 Å². The molecule has 0 aromatic heterocycles. The van der Waals surface area contributed by atoms with Crippen LogP contribution in [-0.2, 0) is 6.42 Å². The van der Waals surface area contributed by atoms with Gasteiger partial charge in [-0.15, -0.1) is 0 Å². The second kappa shape index (κ2) is 7.38. The van der Waals surface area contributed by atoms with E-state index in [0.717, 1.165) is 32.0 Å². The van der Waals surface area contributed by atoms with Gasteiger partial charge < -0.3 is 5.32 Å². The van der Waals surface area contributed by atoms with Gasteiger partial charge in [-0.1, -0.05) is 19.9 Å². The Morgan fingerprint density at radius 2 is 2.00 bits per heavy atom. The fraction of sp³-hybridized carbons (Fsp3) is 0.571. The maximum Gasteiger partial charge on any atom is 0.129 e. The van der Waals surface area contributed by atoms with Crippen LogP contribution < -0.4 is 5.32 Å². The molecule has 1 N–H and O–H groups in total. The minimum absolute atomic E-state index is 0.427. The number of halogens is 2. The van der Waals surface area contributed by atoms with Crippen molar-refractivity contribution in [2.45, 2.75) is 33.1 Å². The summed E-state index contributed by atoms with van der Waals surface area (Å²) < 4.78 is 26.1. The summed E-state index contributed by atoms with van der Waals surface area (Å²) in [5, 5.41) is 3.27. The van der Waals surface area contributed by atoms with Crippen LogP contribution in [0.4, 0.5) is 8.78 Å². The van der Waals surface area contributed by atoms with Crippen molar-refractivity contribution in [1.29, 1.82) is 0 Å². The number of benzene rings is 1. The monoisotopic (exact) mass is 241 g/mol. The van der Waals surface area contributed by atoms with Crippen LogP contribution in [0.3, 0.4) is 0 Å². The molecule has 1 aromatic carbocycles. The van der Waals surface area contributed by atoms with Gasteiger partial charge in [-0.25, -0.2) is 8.78 Å². The number of hydrogen-bond donors (Lipinski definition) is 1. The molecule has 0 aliphatic heterocycles. The molecule has 3 heteroatoms. The Morgan fingerprint density at radius 1 is 1.24 bits per heavy atom. The fourth-order valence-electron chi connectivity index (χ4n) is 1.80. The van der Waals surface area contributed by atoms with Crippen LogP contribution in [-0.4, -0.2) is 13.1 Å². The molecule has 0 saturated heterocycles. The van der Waals surface area contributed by atoms with Gasteiger partial charge in [-0.2, -0.15) is 0 Å². The van der Waals surface area contributed by atoms with E-state index >= 15 is 0 Å². The molecule has 1 atom stereocenters. The Bertz CT molecular complexity index is 339. The average molecular weight is 241 g/mol. The van der Waals surface area contributed by atoms with Gasteiger partial charge in [0.15, 0.2) is 0 Å². The average Bonchev–Trinajstić information content (AvgIpc) is 2.28. The Hall–Kier alpha value is -0.960. The first-order valence-corrected chi connectivity index (χ1v) is 6.28. The van der Waals surface area contributed by atoms with Gasteiger partial charge in [0.05, 0.1) is 0 Å². The lowest BCUT2D eigenvalue weighted by molar-refractivity contribution is 0.468. The van der Waals surface area contributed by atoms with E-state index in [1.807, 2.05) is 0 Å². The highest BCUT2D eigenvalue weighted by Gasteiger charge is 2.07. The molecule has 0 amide bonds. The van der Waals surface area contributed by atoms with Crippen molar-refractivity contribution >= 4 is 0 Å². The SMILES string of the molecule is CCNCCC(C)CCc1ccc(F)cc1F. The van der Waals surface area contributed by atoms with Crippen LogP contribution in [0.25, 0.3) is 0 Å². The van der Waals surface area contributed by atoms with E-state index in [1.165, 1.54) is 6.07 Å². The maximum atomic E-state index is 13.4. The predicted molar refractivity (Wildman–Crippen MR) is 67.0 cm³/mol. The lowest BCUT2D eigenvalue weighted by atomic mass is 9.98. The quantitative estimate of drug-likeness (QED) is 0.720. The Morgan fingerprint density at radius 3 is 2.65 bits per heavy atom. The molecule has 1 aromatic rings. The minimum atomic E-state index is -0.508. The molecule has 96 valence electrons. The van der Waals surface area contributed by atoms with Crippen molar-refractivity contribution in [3.05, 3.63) is 35.4 Å². The van der Waals surface area contributed by atoms with Gasteiger partial charge in [-0.05, 0) is 49.9 Å². The summed E-state index contributed by atoms with van der Waals surface area (Å²) in [7, 11) is 0. The smallest absolute Gasteiger partial charge is 0.129 e. The molecular weight excluding hydrogens is 220 g/mol. The van der Waals surface area contributed by atoms with E-state index in [0.29, 0.717) is 17.9 Å². The van der Waals surface area contributed by atoms with Crippen LogP contribution in [0.15, 0.2) is 18.2 Å². The molecule has 17 heavy (non-hydrogen) atoms. The largest absolute Gasteiger partial charge is 0.317 e. The number of nitrogens with one attached hydrogen (secondary N) is 1. The zero-order chi connectivity index (χ0) is 12.7. The highest BCUT2D eigenvalue weighted by atomic mass is 19.1. The zero-order valence-electron chi connectivity index (χ0n) is 10.6. The second-order valence-electron chi connectivity index (χ2n) is 4.52. The van der Waals surface area contributed by atoms with E-state index in [2.05, 4.69) is 19.2 Å². The van der Waals surface area contributed by atoms with Crippen molar-refractivity contribution in [3.8, 4) is 0 Å². The summed E-state index contributed by atoms with van der Waals surface area (Å²) in [6.45, 7) is 6.24. The summed E-state index contributed by atoms with van der Waals surface area (Å²) in [5.41, 5.74) is 0.613.